The SMILES string of the molecule is CCCC(C(=O)OCC)C(C)(O)c1nccnc1C. The molecule has 5 nitrogen and oxygen atoms in total. The predicted molar refractivity (Wildman–Crippen MR) is 71.4 cm³/mol. The Morgan fingerprint density at radius 3 is 2.58 bits per heavy atom. The van der Waals surface area contributed by atoms with Gasteiger partial charge in [0.15, 0.2) is 0 Å². The van der Waals surface area contributed by atoms with Crippen molar-refractivity contribution in [2.45, 2.75) is 46.1 Å². The van der Waals surface area contributed by atoms with E-state index in [-0.39, 0.29) is 5.97 Å². The van der Waals surface area contributed by atoms with Crippen LogP contribution in [0, 0.1) is 12.8 Å². The van der Waals surface area contributed by atoms with Crippen molar-refractivity contribution in [3.05, 3.63) is 23.8 Å². The summed E-state index contributed by atoms with van der Waals surface area (Å²) in [4.78, 5) is 20.3. The molecule has 106 valence electrons. The van der Waals surface area contributed by atoms with Gasteiger partial charge in [0.1, 0.15) is 5.60 Å². The molecule has 2 atom stereocenters. The van der Waals surface area contributed by atoms with Gasteiger partial charge in [-0.3, -0.25) is 14.8 Å². The fourth-order valence-corrected chi connectivity index (χ4v) is 2.23. The van der Waals surface area contributed by atoms with Crippen LogP contribution < -0.4 is 0 Å². The van der Waals surface area contributed by atoms with Gasteiger partial charge in [-0.15, -0.1) is 0 Å². The average molecular weight is 266 g/mol. The first kappa shape index (κ1) is 15.6. The number of aromatic nitrogens is 2. The monoisotopic (exact) mass is 266 g/mol. The first-order valence-electron chi connectivity index (χ1n) is 6.62. The molecule has 0 aromatic carbocycles. The molecule has 0 aliphatic rings. The Kier molecular flexibility index (Phi) is 5.42. The minimum absolute atomic E-state index is 0.300. The first-order chi connectivity index (χ1) is 8.95. The molecule has 1 aromatic rings. The Hall–Kier alpha value is -1.49. The van der Waals surface area contributed by atoms with Gasteiger partial charge in [-0.05, 0) is 27.2 Å². The molecule has 1 N–H and O–H groups in total. The number of ether oxygens (including phenoxy) is 1. The number of esters is 1. The zero-order valence-electron chi connectivity index (χ0n) is 12.0. The number of nitrogens with zero attached hydrogens (tertiary/aromatic N) is 2. The van der Waals surface area contributed by atoms with Crippen LogP contribution >= 0.6 is 0 Å². The standard InChI is InChI=1S/C14H22N2O3/c1-5-7-11(13(17)19-6-2)14(4,18)12-10(3)15-8-9-16-12/h8-9,11,18H,5-7H2,1-4H3. The number of rotatable bonds is 6. The van der Waals surface area contributed by atoms with Crippen LogP contribution in [0.5, 0.6) is 0 Å². The van der Waals surface area contributed by atoms with E-state index in [4.69, 9.17) is 4.74 Å². The topological polar surface area (TPSA) is 72.3 Å². The summed E-state index contributed by atoms with van der Waals surface area (Å²) in [6.45, 7) is 7.38. The van der Waals surface area contributed by atoms with E-state index >= 15 is 0 Å². The summed E-state index contributed by atoms with van der Waals surface area (Å²) >= 11 is 0. The van der Waals surface area contributed by atoms with E-state index in [9.17, 15) is 9.90 Å². The molecule has 0 amide bonds. The number of aliphatic hydroxyl groups is 1. The third-order valence-electron chi connectivity index (χ3n) is 3.19. The summed E-state index contributed by atoms with van der Waals surface area (Å²) in [5.41, 5.74) is -0.319. The molecule has 1 aromatic heterocycles. The highest BCUT2D eigenvalue weighted by Gasteiger charge is 2.41. The van der Waals surface area contributed by atoms with Crippen molar-refractivity contribution < 1.29 is 14.6 Å². The molecule has 0 spiro atoms. The van der Waals surface area contributed by atoms with Gasteiger partial charge in [-0.2, -0.15) is 0 Å². The normalized spacial score (nSPS) is 15.6. The van der Waals surface area contributed by atoms with Crippen molar-refractivity contribution in [1.29, 1.82) is 0 Å². The predicted octanol–water partition coefficient (Wildman–Crippen LogP) is 1.97. The van der Waals surface area contributed by atoms with E-state index < -0.39 is 11.5 Å². The molecule has 0 fully saturated rings. The van der Waals surface area contributed by atoms with E-state index in [0.29, 0.717) is 24.4 Å². The summed E-state index contributed by atoms with van der Waals surface area (Å²) in [6.07, 6.45) is 4.40. The molecule has 1 heterocycles. The molecular formula is C14H22N2O3. The Morgan fingerprint density at radius 2 is 2.05 bits per heavy atom. The summed E-state index contributed by atoms with van der Waals surface area (Å²) in [7, 11) is 0. The largest absolute Gasteiger partial charge is 0.466 e. The Balaban J connectivity index is 3.12. The van der Waals surface area contributed by atoms with E-state index in [1.54, 1.807) is 27.0 Å². The smallest absolute Gasteiger partial charge is 0.312 e. The van der Waals surface area contributed by atoms with Gasteiger partial charge >= 0.3 is 5.97 Å². The quantitative estimate of drug-likeness (QED) is 0.797. The second-order valence-corrected chi connectivity index (χ2v) is 4.73. The molecule has 1 rings (SSSR count). The van der Waals surface area contributed by atoms with Crippen LogP contribution in [-0.2, 0) is 15.1 Å². The van der Waals surface area contributed by atoms with Crippen molar-refractivity contribution >= 4 is 5.97 Å². The number of carbonyl (C=O) groups is 1. The van der Waals surface area contributed by atoms with Gasteiger partial charge in [-0.1, -0.05) is 13.3 Å². The molecule has 5 heteroatoms. The molecule has 19 heavy (non-hydrogen) atoms. The van der Waals surface area contributed by atoms with Crippen molar-refractivity contribution in [2.24, 2.45) is 5.92 Å². The molecule has 2 unspecified atom stereocenters. The van der Waals surface area contributed by atoms with Crippen LogP contribution in [0.25, 0.3) is 0 Å². The fourth-order valence-electron chi connectivity index (χ4n) is 2.23. The van der Waals surface area contributed by atoms with Gasteiger partial charge in [-0.25, -0.2) is 0 Å². The minimum atomic E-state index is -1.37. The second kappa shape index (κ2) is 6.61. The molecule has 0 saturated heterocycles. The Bertz CT molecular complexity index is 432. The number of aryl methyl sites for hydroxylation is 1. The highest BCUT2D eigenvalue weighted by molar-refractivity contribution is 5.74. The van der Waals surface area contributed by atoms with Crippen molar-refractivity contribution in [3.63, 3.8) is 0 Å². The van der Waals surface area contributed by atoms with Gasteiger partial charge < -0.3 is 9.84 Å². The second-order valence-electron chi connectivity index (χ2n) is 4.73. The van der Waals surface area contributed by atoms with E-state index in [2.05, 4.69) is 9.97 Å². The van der Waals surface area contributed by atoms with E-state index in [1.165, 1.54) is 6.20 Å². The molecule has 0 saturated carbocycles. The molecular weight excluding hydrogens is 244 g/mol. The molecule has 0 aliphatic heterocycles. The van der Waals surface area contributed by atoms with Crippen LogP contribution in [0.4, 0.5) is 0 Å². The number of hydrogen-bond acceptors (Lipinski definition) is 5. The highest BCUT2D eigenvalue weighted by atomic mass is 16.5. The lowest BCUT2D eigenvalue weighted by Gasteiger charge is -2.31. The lowest BCUT2D eigenvalue weighted by Crippen LogP contribution is -2.39. The fraction of sp³-hybridized carbons (Fsp3) is 0.643. The summed E-state index contributed by atoms with van der Waals surface area (Å²) < 4.78 is 5.06. The zero-order chi connectivity index (χ0) is 14.5. The van der Waals surface area contributed by atoms with Gasteiger partial charge in [0.05, 0.1) is 23.9 Å². The maximum absolute atomic E-state index is 12.0. The Morgan fingerprint density at radius 1 is 1.42 bits per heavy atom. The van der Waals surface area contributed by atoms with Crippen LogP contribution in [-0.4, -0.2) is 27.7 Å². The maximum atomic E-state index is 12.0. The highest BCUT2D eigenvalue weighted by Crippen LogP contribution is 2.33. The zero-order valence-corrected chi connectivity index (χ0v) is 12.0. The average Bonchev–Trinajstić information content (AvgIpc) is 2.36. The van der Waals surface area contributed by atoms with Crippen molar-refractivity contribution in [3.8, 4) is 0 Å². The number of hydrogen-bond donors (Lipinski definition) is 1. The first-order valence-corrected chi connectivity index (χ1v) is 6.62. The van der Waals surface area contributed by atoms with Gasteiger partial charge in [0, 0.05) is 12.4 Å². The summed E-state index contributed by atoms with van der Waals surface area (Å²) in [5, 5.41) is 10.8. The molecule has 0 bridgehead atoms. The van der Waals surface area contributed by atoms with Crippen LogP contribution in [0.2, 0.25) is 0 Å². The Labute approximate surface area is 114 Å². The van der Waals surface area contributed by atoms with Crippen molar-refractivity contribution in [1.82, 2.24) is 9.97 Å². The van der Waals surface area contributed by atoms with Crippen LogP contribution in [0.3, 0.4) is 0 Å². The van der Waals surface area contributed by atoms with Crippen LogP contribution in [0.1, 0.15) is 45.0 Å². The minimum Gasteiger partial charge on any atom is -0.466 e. The van der Waals surface area contributed by atoms with E-state index in [0.717, 1.165) is 6.42 Å². The molecule has 0 aliphatic carbocycles. The van der Waals surface area contributed by atoms with Crippen LogP contribution in [0.15, 0.2) is 12.4 Å². The van der Waals surface area contributed by atoms with Crippen molar-refractivity contribution in [2.75, 3.05) is 6.61 Å². The van der Waals surface area contributed by atoms with Gasteiger partial charge in [0.2, 0.25) is 0 Å². The summed E-state index contributed by atoms with van der Waals surface area (Å²) in [6, 6.07) is 0. The third-order valence-corrected chi connectivity index (χ3v) is 3.19. The van der Waals surface area contributed by atoms with Gasteiger partial charge in [0.25, 0.3) is 0 Å². The summed E-state index contributed by atoms with van der Waals surface area (Å²) in [5.74, 6) is -1.02. The van der Waals surface area contributed by atoms with E-state index in [1.807, 2.05) is 6.92 Å². The third kappa shape index (κ3) is 3.50. The molecule has 0 radical (unpaired) electrons. The maximum Gasteiger partial charge on any atom is 0.312 e. The lowest BCUT2D eigenvalue weighted by molar-refractivity contribution is -0.159. The lowest BCUT2D eigenvalue weighted by atomic mass is 9.82. The number of carbonyl (C=O) groups excluding carboxylic acids is 1.